The smallest absolute Gasteiger partial charge is 0.0760 e. The van der Waals surface area contributed by atoms with Gasteiger partial charge >= 0.3 is 0 Å². The Morgan fingerprint density at radius 3 is 2.85 bits per heavy atom. The predicted molar refractivity (Wildman–Crippen MR) is 108 cm³/mol. The Labute approximate surface area is 160 Å². The summed E-state index contributed by atoms with van der Waals surface area (Å²) in [7, 11) is 0. The second-order valence-electron chi connectivity index (χ2n) is 7.79. The SMILES string of the molecule is Cc1ccsc1CNCCC1(c2ccccn2)CCOC2(CC=CC2)C1. The minimum atomic E-state index is 0.000111. The standard InChI is InChI=1S/C22H28N2OS/c1-18-7-15-26-19(18)16-23-13-10-21(20-6-2-5-12-24-20)11-14-25-22(17-21)8-3-4-9-22/h2-7,12,15,23H,8-11,13-14,16-17H2,1H3. The fraction of sp³-hybridized carbons (Fsp3) is 0.500. The van der Waals surface area contributed by atoms with E-state index in [9.17, 15) is 0 Å². The fourth-order valence-electron chi connectivity index (χ4n) is 4.51. The molecule has 0 saturated carbocycles. The molecule has 1 fully saturated rings. The van der Waals surface area contributed by atoms with E-state index in [4.69, 9.17) is 9.72 Å². The minimum Gasteiger partial charge on any atom is -0.374 e. The van der Waals surface area contributed by atoms with Crippen LogP contribution in [0.25, 0.3) is 0 Å². The van der Waals surface area contributed by atoms with Crippen LogP contribution in [0.1, 0.15) is 48.2 Å². The van der Waals surface area contributed by atoms with E-state index in [0.717, 1.165) is 51.8 Å². The molecule has 4 rings (SSSR count). The van der Waals surface area contributed by atoms with Gasteiger partial charge in [0.15, 0.2) is 0 Å². The van der Waals surface area contributed by atoms with Gasteiger partial charge in [-0.2, -0.15) is 0 Å². The third kappa shape index (κ3) is 3.64. The molecule has 2 aliphatic rings. The van der Waals surface area contributed by atoms with Crippen molar-refractivity contribution in [3.05, 3.63) is 64.1 Å². The predicted octanol–water partition coefficient (Wildman–Crippen LogP) is 4.77. The van der Waals surface area contributed by atoms with Gasteiger partial charge in [0.05, 0.1) is 5.60 Å². The Morgan fingerprint density at radius 2 is 2.12 bits per heavy atom. The highest BCUT2D eigenvalue weighted by atomic mass is 32.1. The van der Waals surface area contributed by atoms with Gasteiger partial charge in [0, 0.05) is 35.3 Å². The number of aryl methyl sites for hydroxylation is 1. The molecule has 1 aliphatic carbocycles. The molecule has 0 amide bonds. The second-order valence-corrected chi connectivity index (χ2v) is 8.79. The van der Waals surface area contributed by atoms with Crippen molar-refractivity contribution in [1.29, 1.82) is 0 Å². The van der Waals surface area contributed by atoms with Crippen LogP contribution in [-0.4, -0.2) is 23.7 Å². The molecule has 26 heavy (non-hydrogen) atoms. The molecule has 0 radical (unpaired) electrons. The van der Waals surface area contributed by atoms with Crippen molar-refractivity contribution in [2.75, 3.05) is 13.2 Å². The maximum Gasteiger partial charge on any atom is 0.0760 e. The molecule has 3 heterocycles. The normalized spacial score (nSPS) is 24.3. The maximum absolute atomic E-state index is 6.28. The summed E-state index contributed by atoms with van der Waals surface area (Å²) in [6.07, 6.45) is 11.8. The molecule has 1 N–H and O–H groups in total. The van der Waals surface area contributed by atoms with Crippen molar-refractivity contribution < 1.29 is 4.74 Å². The molecule has 4 heteroatoms. The van der Waals surface area contributed by atoms with E-state index < -0.39 is 0 Å². The van der Waals surface area contributed by atoms with Gasteiger partial charge in [-0.1, -0.05) is 18.2 Å². The summed E-state index contributed by atoms with van der Waals surface area (Å²) in [5.74, 6) is 0. The topological polar surface area (TPSA) is 34.2 Å². The minimum absolute atomic E-state index is 0.000111. The van der Waals surface area contributed by atoms with E-state index in [0.29, 0.717) is 0 Å². The van der Waals surface area contributed by atoms with E-state index >= 15 is 0 Å². The van der Waals surface area contributed by atoms with Gasteiger partial charge in [0.1, 0.15) is 0 Å². The first-order valence-corrected chi connectivity index (χ1v) is 10.5. The highest BCUT2D eigenvalue weighted by Gasteiger charge is 2.47. The second kappa shape index (κ2) is 7.63. The Balaban J connectivity index is 1.47. The Morgan fingerprint density at radius 1 is 1.23 bits per heavy atom. The molecule has 1 aliphatic heterocycles. The van der Waals surface area contributed by atoms with Crippen LogP contribution in [0.5, 0.6) is 0 Å². The summed E-state index contributed by atoms with van der Waals surface area (Å²) in [5.41, 5.74) is 2.75. The van der Waals surface area contributed by atoms with Crippen molar-refractivity contribution >= 4 is 11.3 Å². The van der Waals surface area contributed by atoms with Crippen LogP contribution < -0.4 is 5.32 Å². The molecular formula is C22H28N2OS. The van der Waals surface area contributed by atoms with Crippen LogP contribution in [0.2, 0.25) is 0 Å². The van der Waals surface area contributed by atoms with Crippen LogP contribution in [0.4, 0.5) is 0 Å². The first-order chi connectivity index (χ1) is 12.7. The zero-order chi connectivity index (χ0) is 17.9. The zero-order valence-electron chi connectivity index (χ0n) is 15.5. The summed E-state index contributed by atoms with van der Waals surface area (Å²) >= 11 is 1.84. The molecule has 1 spiro atoms. The van der Waals surface area contributed by atoms with Crippen LogP contribution in [0.15, 0.2) is 48.0 Å². The number of thiophene rings is 1. The number of rotatable bonds is 6. The summed E-state index contributed by atoms with van der Waals surface area (Å²) in [5, 5.41) is 5.85. The summed E-state index contributed by atoms with van der Waals surface area (Å²) in [6, 6.07) is 8.56. The van der Waals surface area contributed by atoms with Gasteiger partial charge in [-0.25, -0.2) is 0 Å². The number of ether oxygens (including phenoxy) is 1. The Kier molecular flexibility index (Phi) is 5.25. The first-order valence-electron chi connectivity index (χ1n) is 9.66. The van der Waals surface area contributed by atoms with Crippen molar-refractivity contribution in [2.24, 2.45) is 0 Å². The molecular weight excluding hydrogens is 340 g/mol. The van der Waals surface area contributed by atoms with E-state index in [1.54, 1.807) is 0 Å². The average molecular weight is 369 g/mol. The molecule has 138 valence electrons. The van der Waals surface area contributed by atoms with Crippen LogP contribution >= 0.6 is 11.3 Å². The lowest BCUT2D eigenvalue weighted by Crippen LogP contribution is -2.47. The lowest BCUT2D eigenvalue weighted by atomic mass is 9.67. The number of nitrogens with one attached hydrogen (secondary N) is 1. The molecule has 3 nitrogen and oxygen atoms in total. The number of aromatic nitrogens is 1. The van der Waals surface area contributed by atoms with Crippen LogP contribution in [0, 0.1) is 6.92 Å². The van der Waals surface area contributed by atoms with E-state index in [1.807, 2.05) is 23.6 Å². The van der Waals surface area contributed by atoms with Gasteiger partial charge in [-0.15, -0.1) is 11.3 Å². The van der Waals surface area contributed by atoms with Crippen LogP contribution in [-0.2, 0) is 16.7 Å². The fourth-order valence-corrected chi connectivity index (χ4v) is 5.39. The number of pyridine rings is 1. The molecule has 0 aromatic carbocycles. The third-order valence-electron chi connectivity index (χ3n) is 6.04. The molecule has 0 bridgehead atoms. The van der Waals surface area contributed by atoms with Crippen molar-refractivity contribution in [3.63, 3.8) is 0 Å². The highest BCUT2D eigenvalue weighted by Crippen LogP contribution is 2.47. The summed E-state index contributed by atoms with van der Waals surface area (Å²) in [4.78, 5) is 6.21. The van der Waals surface area contributed by atoms with E-state index in [2.05, 4.69) is 48.0 Å². The lowest BCUT2D eigenvalue weighted by molar-refractivity contribution is -0.100. The number of hydrogen-bond acceptors (Lipinski definition) is 4. The largest absolute Gasteiger partial charge is 0.374 e. The van der Waals surface area contributed by atoms with Gasteiger partial charge in [-0.3, -0.25) is 4.98 Å². The van der Waals surface area contributed by atoms with Gasteiger partial charge in [0.2, 0.25) is 0 Å². The highest BCUT2D eigenvalue weighted by molar-refractivity contribution is 7.10. The van der Waals surface area contributed by atoms with Crippen molar-refractivity contribution in [2.45, 2.75) is 56.6 Å². The van der Waals surface area contributed by atoms with E-state index in [-0.39, 0.29) is 11.0 Å². The third-order valence-corrected chi connectivity index (χ3v) is 7.06. The molecule has 1 unspecified atom stereocenters. The molecule has 2 aromatic rings. The Hall–Kier alpha value is -1.49. The molecule has 2 aromatic heterocycles. The number of hydrogen-bond donors (Lipinski definition) is 1. The summed E-state index contributed by atoms with van der Waals surface area (Å²) < 4.78 is 6.28. The lowest BCUT2D eigenvalue weighted by Gasteiger charge is -2.46. The van der Waals surface area contributed by atoms with Crippen molar-refractivity contribution in [3.8, 4) is 0 Å². The first kappa shape index (κ1) is 17.9. The van der Waals surface area contributed by atoms with E-state index in [1.165, 1.54) is 16.1 Å². The zero-order valence-corrected chi connectivity index (χ0v) is 16.4. The monoisotopic (exact) mass is 368 g/mol. The van der Waals surface area contributed by atoms with Gasteiger partial charge in [-0.05, 0) is 74.7 Å². The Bertz CT molecular complexity index is 747. The average Bonchev–Trinajstić information content (AvgIpc) is 3.29. The van der Waals surface area contributed by atoms with Gasteiger partial charge in [0.25, 0.3) is 0 Å². The van der Waals surface area contributed by atoms with Gasteiger partial charge < -0.3 is 10.1 Å². The quantitative estimate of drug-likeness (QED) is 0.589. The maximum atomic E-state index is 6.28. The summed E-state index contributed by atoms with van der Waals surface area (Å²) in [6.45, 7) is 5.00. The molecule has 1 saturated heterocycles. The molecule has 1 atom stereocenters. The number of nitrogens with zero attached hydrogens (tertiary/aromatic N) is 1. The van der Waals surface area contributed by atoms with Crippen LogP contribution in [0.3, 0.4) is 0 Å². The van der Waals surface area contributed by atoms with Crippen molar-refractivity contribution in [1.82, 2.24) is 10.3 Å².